The van der Waals surface area contributed by atoms with Crippen LogP contribution in [0.4, 0.5) is 0 Å². The molecule has 2 rings (SSSR count). The molecule has 0 amide bonds. The summed E-state index contributed by atoms with van der Waals surface area (Å²) in [5.41, 5.74) is 2.06. The topological polar surface area (TPSA) is 47.9 Å². The van der Waals surface area contributed by atoms with Gasteiger partial charge >= 0.3 is 0 Å². The molecule has 4 nitrogen and oxygen atoms in total. The molecule has 1 aromatic heterocycles. The Bertz CT molecular complexity index is 639. The van der Waals surface area contributed by atoms with Crippen LogP contribution in [0.3, 0.4) is 0 Å². The number of hydrogen-bond acceptors (Lipinski definition) is 4. The second-order valence-corrected chi connectivity index (χ2v) is 6.22. The first-order valence-corrected chi connectivity index (χ1v) is 6.87. The second kappa shape index (κ2) is 5.54. The lowest BCUT2D eigenvalue weighted by atomic mass is 9.86. The number of nitrogens with zero attached hydrogens (tertiary/aromatic N) is 3. The van der Waals surface area contributed by atoms with E-state index in [1.165, 1.54) is 0 Å². The molecular weight excluding hydrogens is 297 g/mol. The maximum absolute atomic E-state index is 5.93. The van der Waals surface area contributed by atoms with Gasteiger partial charge < -0.3 is 4.74 Å². The molecule has 0 bridgehead atoms. The Labute approximate surface area is 128 Å². The monoisotopic (exact) mass is 311 g/mol. The summed E-state index contributed by atoms with van der Waals surface area (Å²) >= 11 is 11.7. The largest absolute Gasteiger partial charge is 0.436 e. The summed E-state index contributed by atoms with van der Waals surface area (Å²) in [4.78, 5) is 3.96. The Morgan fingerprint density at radius 3 is 2.45 bits per heavy atom. The Kier molecular flexibility index (Phi) is 4.16. The number of aryl methyl sites for hydroxylation is 1. The zero-order valence-corrected chi connectivity index (χ0v) is 13.2. The number of ether oxygens (including phenoxy) is 1. The zero-order chi connectivity index (χ0) is 14.9. The van der Waals surface area contributed by atoms with Crippen LogP contribution in [0.5, 0.6) is 11.6 Å². The molecule has 106 valence electrons. The van der Waals surface area contributed by atoms with Crippen molar-refractivity contribution in [1.29, 1.82) is 0 Å². The molecule has 1 heterocycles. The van der Waals surface area contributed by atoms with Crippen LogP contribution in [-0.4, -0.2) is 15.2 Å². The molecule has 2 aromatic rings. The van der Waals surface area contributed by atoms with Crippen molar-refractivity contribution in [2.75, 3.05) is 0 Å². The van der Waals surface area contributed by atoms with Gasteiger partial charge in [-0.1, -0.05) is 44.5 Å². The minimum absolute atomic E-state index is 0.00522. The highest BCUT2D eigenvalue weighted by molar-refractivity contribution is 6.31. The Balaban J connectivity index is 2.47. The van der Waals surface area contributed by atoms with Crippen molar-refractivity contribution in [3.63, 3.8) is 0 Å². The standard InChI is InChI=1S/C14H15Cl2N3O/c1-8-5-6-9(14(2,3)4)10(7-8)20-12-11(15)18-19-13(16)17-12/h5-7H,1-4H3. The van der Waals surface area contributed by atoms with E-state index in [0.29, 0.717) is 5.75 Å². The number of halogens is 2. The normalized spacial score (nSPS) is 11.5. The van der Waals surface area contributed by atoms with Crippen LogP contribution in [0.2, 0.25) is 10.4 Å². The van der Waals surface area contributed by atoms with Gasteiger partial charge in [-0.15, -0.1) is 10.2 Å². The van der Waals surface area contributed by atoms with Crippen molar-refractivity contribution >= 4 is 23.2 Å². The van der Waals surface area contributed by atoms with Gasteiger partial charge in [-0.3, -0.25) is 0 Å². The molecule has 1 aromatic carbocycles. The number of aromatic nitrogens is 3. The third-order valence-corrected chi connectivity index (χ3v) is 3.14. The highest BCUT2D eigenvalue weighted by Gasteiger charge is 2.20. The maximum Gasteiger partial charge on any atom is 0.262 e. The van der Waals surface area contributed by atoms with E-state index < -0.39 is 0 Å². The minimum Gasteiger partial charge on any atom is -0.436 e. The molecule has 0 aliphatic rings. The van der Waals surface area contributed by atoms with E-state index in [-0.39, 0.29) is 21.7 Å². The van der Waals surface area contributed by atoms with Crippen molar-refractivity contribution in [2.24, 2.45) is 0 Å². The first-order valence-electron chi connectivity index (χ1n) is 6.12. The van der Waals surface area contributed by atoms with Crippen LogP contribution in [0.15, 0.2) is 18.2 Å². The molecule has 20 heavy (non-hydrogen) atoms. The molecule has 0 aliphatic heterocycles. The van der Waals surface area contributed by atoms with E-state index in [1.54, 1.807) is 0 Å². The molecule has 0 spiro atoms. The fourth-order valence-corrected chi connectivity index (χ4v) is 2.02. The van der Waals surface area contributed by atoms with Crippen LogP contribution in [0.25, 0.3) is 0 Å². The maximum atomic E-state index is 5.93. The van der Waals surface area contributed by atoms with E-state index >= 15 is 0 Å². The van der Waals surface area contributed by atoms with Gasteiger partial charge in [0.15, 0.2) is 0 Å². The second-order valence-electron chi connectivity index (χ2n) is 5.53. The van der Waals surface area contributed by atoms with Crippen LogP contribution in [0, 0.1) is 6.92 Å². The summed E-state index contributed by atoms with van der Waals surface area (Å²) in [6.45, 7) is 8.32. The average Bonchev–Trinajstić information content (AvgIpc) is 2.32. The van der Waals surface area contributed by atoms with Gasteiger partial charge in [-0.2, -0.15) is 4.98 Å². The van der Waals surface area contributed by atoms with Crippen molar-refractivity contribution in [1.82, 2.24) is 15.2 Å². The Morgan fingerprint density at radius 2 is 1.80 bits per heavy atom. The predicted octanol–water partition coefficient (Wildman–Crippen LogP) is 4.58. The molecule has 0 saturated heterocycles. The van der Waals surface area contributed by atoms with Crippen LogP contribution in [-0.2, 0) is 5.41 Å². The summed E-state index contributed by atoms with van der Waals surface area (Å²) in [6, 6.07) is 6.02. The van der Waals surface area contributed by atoms with Gasteiger partial charge in [0.25, 0.3) is 5.88 Å². The summed E-state index contributed by atoms with van der Waals surface area (Å²) in [7, 11) is 0. The van der Waals surface area contributed by atoms with E-state index in [4.69, 9.17) is 27.9 Å². The number of rotatable bonds is 2. The smallest absolute Gasteiger partial charge is 0.262 e. The summed E-state index contributed by atoms with van der Waals surface area (Å²) in [5, 5.41) is 7.32. The molecule has 0 atom stereocenters. The molecule has 0 fully saturated rings. The number of benzene rings is 1. The van der Waals surface area contributed by atoms with E-state index in [1.807, 2.05) is 25.1 Å². The van der Waals surface area contributed by atoms with Gasteiger partial charge in [0.05, 0.1) is 0 Å². The molecule has 0 radical (unpaired) electrons. The van der Waals surface area contributed by atoms with E-state index in [2.05, 4.69) is 36.0 Å². The Hall–Kier alpha value is -1.39. The Morgan fingerprint density at radius 1 is 1.10 bits per heavy atom. The van der Waals surface area contributed by atoms with Crippen LogP contribution < -0.4 is 4.74 Å². The van der Waals surface area contributed by atoms with Crippen LogP contribution >= 0.6 is 23.2 Å². The van der Waals surface area contributed by atoms with Crippen molar-refractivity contribution < 1.29 is 4.74 Å². The molecule has 0 aliphatic carbocycles. The van der Waals surface area contributed by atoms with Gasteiger partial charge in [-0.25, -0.2) is 0 Å². The summed E-state index contributed by atoms with van der Waals surface area (Å²) in [6.07, 6.45) is 0. The summed E-state index contributed by atoms with van der Waals surface area (Å²) < 4.78 is 5.80. The molecular formula is C14H15Cl2N3O. The van der Waals surface area contributed by atoms with Gasteiger partial charge in [-0.05, 0) is 35.6 Å². The number of hydrogen-bond donors (Lipinski definition) is 0. The van der Waals surface area contributed by atoms with Crippen molar-refractivity contribution in [3.05, 3.63) is 39.8 Å². The van der Waals surface area contributed by atoms with Crippen molar-refractivity contribution in [3.8, 4) is 11.6 Å². The first kappa shape index (κ1) is 15.0. The SMILES string of the molecule is Cc1ccc(C(C)(C)C)c(Oc2nc(Cl)nnc2Cl)c1. The van der Waals surface area contributed by atoms with E-state index in [0.717, 1.165) is 11.1 Å². The lowest BCUT2D eigenvalue weighted by Crippen LogP contribution is -2.13. The molecule has 6 heteroatoms. The lowest BCUT2D eigenvalue weighted by Gasteiger charge is -2.22. The van der Waals surface area contributed by atoms with Crippen LogP contribution in [0.1, 0.15) is 31.9 Å². The predicted molar refractivity (Wildman–Crippen MR) is 79.8 cm³/mol. The molecule has 0 unspecified atom stereocenters. The van der Waals surface area contributed by atoms with Gasteiger partial charge in [0.1, 0.15) is 5.75 Å². The highest BCUT2D eigenvalue weighted by atomic mass is 35.5. The third kappa shape index (κ3) is 3.38. The average molecular weight is 312 g/mol. The summed E-state index contributed by atoms with van der Waals surface area (Å²) in [5.74, 6) is 0.846. The molecule has 0 N–H and O–H groups in total. The minimum atomic E-state index is -0.0697. The van der Waals surface area contributed by atoms with Gasteiger partial charge in [0, 0.05) is 5.56 Å². The third-order valence-electron chi connectivity index (χ3n) is 2.74. The fraction of sp³-hybridized carbons (Fsp3) is 0.357. The fourth-order valence-electron chi connectivity index (χ4n) is 1.78. The lowest BCUT2D eigenvalue weighted by molar-refractivity contribution is 0.435. The zero-order valence-electron chi connectivity index (χ0n) is 11.7. The van der Waals surface area contributed by atoms with Crippen molar-refractivity contribution in [2.45, 2.75) is 33.1 Å². The van der Waals surface area contributed by atoms with Gasteiger partial charge in [0.2, 0.25) is 10.4 Å². The first-order chi connectivity index (χ1) is 9.27. The van der Waals surface area contributed by atoms with E-state index in [9.17, 15) is 0 Å². The highest BCUT2D eigenvalue weighted by Crippen LogP contribution is 2.35. The molecule has 0 saturated carbocycles. The quantitative estimate of drug-likeness (QED) is 0.814.